The maximum absolute atomic E-state index is 9.56. The van der Waals surface area contributed by atoms with Crippen LogP contribution < -0.4 is 5.26 Å². The zero-order chi connectivity index (χ0) is 8.97. The monoisotopic (exact) mass is 185 g/mol. The Kier molecular flexibility index (Phi) is 3.55. The zero-order valence-corrected chi connectivity index (χ0v) is 7.68. The van der Waals surface area contributed by atoms with Gasteiger partial charge in [-0.2, -0.15) is 4.33 Å². The molecule has 0 saturated carbocycles. The molecule has 3 nitrogen and oxygen atoms in total. The van der Waals surface area contributed by atoms with E-state index >= 15 is 0 Å². The van der Waals surface area contributed by atoms with Crippen LogP contribution in [0.4, 0.5) is 0 Å². The highest BCUT2D eigenvalue weighted by Crippen LogP contribution is 2.23. The van der Waals surface area contributed by atoms with Crippen molar-refractivity contribution in [2.24, 2.45) is 0 Å². The van der Waals surface area contributed by atoms with E-state index < -0.39 is 0 Å². The first kappa shape index (κ1) is 9.54. The van der Waals surface area contributed by atoms with Gasteiger partial charge in [0.15, 0.2) is 0 Å². The van der Waals surface area contributed by atoms with Crippen LogP contribution >= 0.6 is 12.0 Å². The Balaban J connectivity index is 2.75. The summed E-state index contributed by atoms with van der Waals surface area (Å²) in [5.41, 5.74) is 2.18. The topological polar surface area (TPSA) is 41.5 Å². The molecule has 0 aliphatic carbocycles. The Morgan fingerprint density at radius 1 is 1.33 bits per heavy atom. The van der Waals surface area contributed by atoms with Crippen LogP contribution in [0.2, 0.25) is 0 Å². The van der Waals surface area contributed by atoms with Gasteiger partial charge in [-0.1, -0.05) is 12.1 Å². The van der Waals surface area contributed by atoms with E-state index in [1.165, 1.54) is 0 Å². The lowest BCUT2D eigenvalue weighted by Crippen LogP contribution is -2.01. The highest BCUT2D eigenvalue weighted by molar-refractivity contribution is 7.94. The number of hydrogen-bond donors (Lipinski definition) is 0. The molecule has 0 spiro atoms. The van der Waals surface area contributed by atoms with Gasteiger partial charge in [0, 0.05) is 4.90 Å². The van der Waals surface area contributed by atoms with Crippen molar-refractivity contribution in [3.8, 4) is 0 Å². The first-order valence-electron chi connectivity index (χ1n) is 3.44. The standard InChI is InChI=1S/C8H10O3S/c1-6-3-4-7(2)8(5-6)12-11-10-9/h3-5,9H,1-2H3/p-1. The van der Waals surface area contributed by atoms with E-state index in [4.69, 9.17) is 0 Å². The molecule has 0 unspecified atom stereocenters. The summed E-state index contributed by atoms with van der Waals surface area (Å²) in [5.74, 6) is 0. The highest BCUT2D eigenvalue weighted by atomic mass is 32.2. The van der Waals surface area contributed by atoms with Gasteiger partial charge in [0.2, 0.25) is 0 Å². The van der Waals surface area contributed by atoms with Crippen LogP contribution in [0.5, 0.6) is 0 Å². The zero-order valence-electron chi connectivity index (χ0n) is 6.87. The maximum Gasteiger partial charge on any atom is 0.0677 e. The third-order valence-corrected chi connectivity index (χ3v) is 2.24. The first-order chi connectivity index (χ1) is 5.74. The van der Waals surface area contributed by atoms with E-state index in [1.807, 2.05) is 32.0 Å². The fourth-order valence-corrected chi connectivity index (χ4v) is 1.38. The molecule has 0 aromatic heterocycles. The van der Waals surface area contributed by atoms with Gasteiger partial charge in [-0.05, 0) is 31.0 Å². The average molecular weight is 185 g/mol. The quantitative estimate of drug-likeness (QED) is 0.407. The lowest BCUT2D eigenvalue weighted by atomic mass is 10.2. The maximum atomic E-state index is 9.56. The number of aryl methyl sites for hydroxylation is 2. The van der Waals surface area contributed by atoms with Gasteiger partial charge < -0.3 is 5.26 Å². The smallest absolute Gasteiger partial charge is 0.0677 e. The van der Waals surface area contributed by atoms with Gasteiger partial charge in [0.25, 0.3) is 0 Å². The first-order valence-corrected chi connectivity index (χ1v) is 4.18. The van der Waals surface area contributed by atoms with Crippen LogP contribution in [0.15, 0.2) is 23.1 Å². The summed E-state index contributed by atoms with van der Waals surface area (Å²) in [6.45, 7) is 3.91. The molecule has 0 N–H and O–H groups in total. The van der Waals surface area contributed by atoms with Crippen LogP contribution in [-0.4, -0.2) is 0 Å². The fraction of sp³-hybridized carbons (Fsp3) is 0.250. The second-order valence-corrected chi connectivity index (χ2v) is 3.23. The summed E-state index contributed by atoms with van der Waals surface area (Å²) < 4.78 is 4.22. The van der Waals surface area contributed by atoms with Crippen LogP contribution in [0.1, 0.15) is 11.1 Å². The molecule has 12 heavy (non-hydrogen) atoms. The van der Waals surface area contributed by atoms with Crippen LogP contribution in [0, 0.1) is 13.8 Å². The van der Waals surface area contributed by atoms with Gasteiger partial charge in [-0.25, -0.2) is 0 Å². The number of benzene rings is 1. The minimum absolute atomic E-state index is 0.894. The molecule has 0 amide bonds. The van der Waals surface area contributed by atoms with Crippen molar-refractivity contribution in [3.05, 3.63) is 29.3 Å². The molecule has 0 atom stereocenters. The Labute approximate surface area is 75.4 Å². The molecular formula is C8H9O3S-. The molecule has 0 aliphatic rings. The van der Waals surface area contributed by atoms with Crippen LogP contribution in [-0.2, 0) is 9.37 Å². The summed E-state index contributed by atoms with van der Waals surface area (Å²) in [6.07, 6.45) is 0. The molecule has 66 valence electrons. The van der Waals surface area contributed by atoms with Crippen LogP contribution in [0.25, 0.3) is 0 Å². The lowest BCUT2D eigenvalue weighted by Gasteiger charge is -2.06. The molecule has 4 heteroatoms. The summed E-state index contributed by atoms with van der Waals surface area (Å²) in [5, 5.41) is 12.8. The molecule has 1 aromatic rings. The molecule has 0 heterocycles. The molecule has 1 aromatic carbocycles. The third-order valence-electron chi connectivity index (χ3n) is 1.50. The fourth-order valence-electron chi connectivity index (χ4n) is 0.848. The second kappa shape index (κ2) is 4.47. The molecule has 0 saturated heterocycles. The summed E-state index contributed by atoms with van der Waals surface area (Å²) in [4.78, 5) is 0.894. The molecule has 1 rings (SSSR count). The van der Waals surface area contributed by atoms with E-state index in [-0.39, 0.29) is 0 Å². The minimum atomic E-state index is 0.894. The molecule has 0 radical (unpaired) electrons. The lowest BCUT2D eigenvalue weighted by molar-refractivity contribution is -0.777. The van der Waals surface area contributed by atoms with Gasteiger partial charge in [0.05, 0.1) is 12.0 Å². The Morgan fingerprint density at radius 3 is 2.75 bits per heavy atom. The summed E-state index contributed by atoms with van der Waals surface area (Å²) >= 11 is 0.926. The van der Waals surface area contributed by atoms with Gasteiger partial charge in [-0.3, -0.25) is 5.04 Å². The molecule has 0 bridgehead atoms. The van der Waals surface area contributed by atoms with Crippen molar-refractivity contribution in [3.63, 3.8) is 0 Å². The summed E-state index contributed by atoms with van der Waals surface area (Å²) in [6, 6.07) is 5.89. The highest BCUT2D eigenvalue weighted by Gasteiger charge is 1.99. The SMILES string of the molecule is Cc1ccc(C)c(SOO[O-])c1. The number of hydrogen-bond acceptors (Lipinski definition) is 4. The normalized spacial score (nSPS) is 10.2. The Morgan fingerprint density at radius 2 is 2.08 bits per heavy atom. The van der Waals surface area contributed by atoms with Crippen molar-refractivity contribution in [2.75, 3.05) is 0 Å². The van der Waals surface area contributed by atoms with Crippen molar-refractivity contribution in [1.82, 2.24) is 0 Å². The molecule has 0 fully saturated rings. The van der Waals surface area contributed by atoms with Gasteiger partial charge in [0.1, 0.15) is 0 Å². The second-order valence-electron chi connectivity index (χ2n) is 2.49. The van der Waals surface area contributed by atoms with E-state index in [9.17, 15) is 5.26 Å². The van der Waals surface area contributed by atoms with Crippen molar-refractivity contribution in [1.29, 1.82) is 0 Å². The van der Waals surface area contributed by atoms with E-state index in [2.05, 4.69) is 9.37 Å². The van der Waals surface area contributed by atoms with Crippen molar-refractivity contribution >= 4 is 12.0 Å². The van der Waals surface area contributed by atoms with Crippen molar-refractivity contribution < 1.29 is 14.6 Å². The third kappa shape index (κ3) is 2.49. The van der Waals surface area contributed by atoms with E-state index in [0.29, 0.717) is 0 Å². The average Bonchev–Trinajstić information content (AvgIpc) is 2.07. The van der Waals surface area contributed by atoms with Gasteiger partial charge in [-0.15, -0.1) is 0 Å². The Bertz CT molecular complexity index is 262. The molecule has 0 aliphatic heterocycles. The predicted octanol–water partition coefficient (Wildman–Crippen LogP) is 1.53. The van der Waals surface area contributed by atoms with Crippen LogP contribution in [0.3, 0.4) is 0 Å². The van der Waals surface area contributed by atoms with Crippen molar-refractivity contribution in [2.45, 2.75) is 18.7 Å². The van der Waals surface area contributed by atoms with E-state index in [1.54, 1.807) is 0 Å². The van der Waals surface area contributed by atoms with E-state index in [0.717, 1.165) is 28.1 Å². The van der Waals surface area contributed by atoms with Gasteiger partial charge >= 0.3 is 0 Å². The predicted molar refractivity (Wildman–Crippen MR) is 43.9 cm³/mol. The summed E-state index contributed by atoms with van der Waals surface area (Å²) in [7, 11) is 0. The minimum Gasteiger partial charge on any atom is -0.691 e. The Hall–Kier alpha value is -0.550. The largest absolute Gasteiger partial charge is 0.691 e. The number of rotatable bonds is 3. The molecular weight excluding hydrogens is 176 g/mol.